The van der Waals surface area contributed by atoms with Gasteiger partial charge in [0.1, 0.15) is 5.02 Å². The molecule has 1 aromatic rings. The lowest BCUT2D eigenvalue weighted by molar-refractivity contribution is -0.384. The fourth-order valence-electron chi connectivity index (χ4n) is 3.09. The maximum Gasteiger partial charge on any atom is 0.288 e. The minimum Gasteiger partial charge on any atom is -0.385 e. The zero-order valence-electron chi connectivity index (χ0n) is 12.7. The van der Waals surface area contributed by atoms with Crippen molar-refractivity contribution in [2.24, 2.45) is 11.8 Å². The van der Waals surface area contributed by atoms with Crippen LogP contribution in [0.5, 0.6) is 0 Å². The second-order valence-electron chi connectivity index (χ2n) is 6.05. The van der Waals surface area contributed by atoms with Crippen molar-refractivity contribution < 1.29 is 4.92 Å². The number of halogens is 1. The second-order valence-corrected chi connectivity index (χ2v) is 6.46. The Balaban J connectivity index is 1.95. The van der Waals surface area contributed by atoms with E-state index in [1.807, 2.05) is 6.92 Å². The Bertz CT molecular complexity index is 511. The number of rotatable bonds is 5. The van der Waals surface area contributed by atoms with E-state index < -0.39 is 4.92 Å². The summed E-state index contributed by atoms with van der Waals surface area (Å²) in [6, 6.07) is 3.21. The van der Waals surface area contributed by atoms with Gasteiger partial charge in [-0.1, -0.05) is 37.8 Å². The summed E-state index contributed by atoms with van der Waals surface area (Å²) in [5, 5.41) is 14.5. The molecule has 0 unspecified atom stereocenters. The Labute approximate surface area is 131 Å². The van der Waals surface area contributed by atoms with Gasteiger partial charge < -0.3 is 5.32 Å². The summed E-state index contributed by atoms with van der Waals surface area (Å²) in [6.07, 6.45) is 6.47. The van der Waals surface area contributed by atoms with Crippen LogP contribution in [0.15, 0.2) is 12.1 Å². The first-order valence-corrected chi connectivity index (χ1v) is 8.07. The van der Waals surface area contributed by atoms with E-state index in [0.717, 1.165) is 23.7 Å². The third-order valence-corrected chi connectivity index (χ3v) is 4.92. The van der Waals surface area contributed by atoms with Crippen molar-refractivity contribution in [3.63, 3.8) is 0 Å². The van der Waals surface area contributed by atoms with Gasteiger partial charge in [-0.05, 0) is 43.2 Å². The standard InChI is InChI=1S/C16H23ClN2O2/c1-3-12-4-6-13(7-5-12)10-18-15-9-14(17)16(19(20)21)8-11(15)2/h8-9,12-13,18H,3-7,10H2,1-2H3. The molecule has 1 aromatic carbocycles. The summed E-state index contributed by atoms with van der Waals surface area (Å²) in [5.41, 5.74) is 1.75. The summed E-state index contributed by atoms with van der Waals surface area (Å²) in [7, 11) is 0. The fourth-order valence-corrected chi connectivity index (χ4v) is 3.33. The van der Waals surface area contributed by atoms with Gasteiger partial charge in [-0.25, -0.2) is 0 Å². The van der Waals surface area contributed by atoms with Gasteiger partial charge in [0, 0.05) is 18.3 Å². The topological polar surface area (TPSA) is 55.2 Å². The number of benzene rings is 1. The van der Waals surface area contributed by atoms with Crippen molar-refractivity contribution in [2.75, 3.05) is 11.9 Å². The molecule has 0 amide bonds. The molecule has 1 aliphatic rings. The third-order valence-electron chi connectivity index (χ3n) is 4.62. The molecule has 4 nitrogen and oxygen atoms in total. The van der Waals surface area contributed by atoms with Gasteiger partial charge in [0.05, 0.1) is 4.92 Å². The Morgan fingerprint density at radius 3 is 2.48 bits per heavy atom. The van der Waals surface area contributed by atoms with Gasteiger partial charge >= 0.3 is 0 Å². The molecule has 0 spiro atoms. The third kappa shape index (κ3) is 4.10. The van der Waals surface area contributed by atoms with Crippen LogP contribution in [-0.2, 0) is 0 Å². The van der Waals surface area contributed by atoms with Crippen molar-refractivity contribution in [2.45, 2.75) is 46.0 Å². The predicted octanol–water partition coefficient (Wildman–Crippen LogP) is 5.18. The van der Waals surface area contributed by atoms with Crippen LogP contribution < -0.4 is 5.32 Å². The van der Waals surface area contributed by atoms with E-state index >= 15 is 0 Å². The van der Waals surface area contributed by atoms with E-state index in [-0.39, 0.29) is 10.7 Å². The van der Waals surface area contributed by atoms with Crippen LogP contribution >= 0.6 is 11.6 Å². The van der Waals surface area contributed by atoms with Crippen LogP contribution in [0.3, 0.4) is 0 Å². The van der Waals surface area contributed by atoms with Crippen molar-refractivity contribution in [3.8, 4) is 0 Å². The minimum atomic E-state index is -0.439. The molecule has 2 rings (SSSR count). The van der Waals surface area contributed by atoms with Crippen LogP contribution in [0.2, 0.25) is 5.02 Å². The largest absolute Gasteiger partial charge is 0.385 e. The van der Waals surface area contributed by atoms with E-state index in [4.69, 9.17) is 11.6 Å². The SMILES string of the molecule is CCC1CCC(CNc2cc(Cl)c([N+](=O)[O-])cc2C)CC1. The number of nitrogens with one attached hydrogen (secondary N) is 1. The van der Waals surface area contributed by atoms with E-state index in [9.17, 15) is 10.1 Å². The highest BCUT2D eigenvalue weighted by Gasteiger charge is 2.20. The molecule has 0 atom stereocenters. The number of anilines is 1. The number of nitro groups is 1. The molecule has 0 aliphatic heterocycles. The number of hydrogen-bond donors (Lipinski definition) is 1. The molecule has 1 saturated carbocycles. The molecule has 0 saturated heterocycles. The summed E-state index contributed by atoms with van der Waals surface area (Å²) in [4.78, 5) is 10.4. The quantitative estimate of drug-likeness (QED) is 0.602. The van der Waals surface area contributed by atoms with Gasteiger partial charge in [0.15, 0.2) is 0 Å². The normalized spacial score (nSPS) is 22.0. The number of aryl methyl sites for hydroxylation is 1. The van der Waals surface area contributed by atoms with Crippen LogP contribution in [0.1, 0.15) is 44.6 Å². The van der Waals surface area contributed by atoms with Gasteiger partial charge in [0.25, 0.3) is 5.69 Å². The average molecular weight is 311 g/mol. The first kappa shape index (κ1) is 16.1. The number of nitrogens with zero attached hydrogens (tertiary/aromatic N) is 1. The summed E-state index contributed by atoms with van der Waals surface area (Å²) >= 11 is 5.97. The second kappa shape index (κ2) is 7.12. The van der Waals surface area contributed by atoms with Gasteiger partial charge in [-0.15, -0.1) is 0 Å². The Morgan fingerprint density at radius 1 is 1.29 bits per heavy atom. The minimum absolute atomic E-state index is 0.0248. The highest BCUT2D eigenvalue weighted by Crippen LogP contribution is 2.33. The highest BCUT2D eigenvalue weighted by molar-refractivity contribution is 6.33. The molecule has 1 aliphatic carbocycles. The maximum absolute atomic E-state index is 10.9. The van der Waals surface area contributed by atoms with Crippen LogP contribution in [0, 0.1) is 28.9 Å². The monoisotopic (exact) mass is 310 g/mol. The van der Waals surface area contributed by atoms with Crippen molar-refractivity contribution in [3.05, 3.63) is 32.8 Å². The predicted molar refractivity (Wildman–Crippen MR) is 87.1 cm³/mol. The lowest BCUT2D eigenvalue weighted by Crippen LogP contribution is -2.21. The maximum atomic E-state index is 10.9. The summed E-state index contributed by atoms with van der Waals surface area (Å²) < 4.78 is 0. The molecule has 0 aromatic heterocycles. The van der Waals surface area contributed by atoms with Crippen molar-refractivity contribution >= 4 is 23.0 Å². The van der Waals surface area contributed by atoms with Crippen LogP contribution in [0.25, 0.3) is 0 Å². The van der Waals surface area contributed by atoms with Gasteiger partial charge in [0.2, 0.25) is 0 Å². The van der Waals surface area contributed by atoms with E-state index in [0.29, 0.717) is 5.92 Å². The van der Waals surface area contributed by atoms with Crippen molar-refractivity contribution in [1.29, 1.82) is 0 Å². The highest BCUT2D eigenvalue weighted by atomic mass is 35.5. The first-order valence-electron chi connectivity index (χ1n) is 7.69. The summed E-state index contributed by atoms with van der Waals surface area (Å²) in [6.45, 7) is 5.07. The van der Waals surface area contributed by atoms with Gasteiger partial charge in [-0.3, -0.25) is 10.1 Å². The zero-order valence-corrected chi connectivity index (χ0v) is 13.4. The molecule has 1 fully saturated rings. The van der Waals surface area contributed by atoms with E-state index in [1.54, 1.807) is 12.1 Å². The van der Waals surface area contributed by atoms with E-state index in [1.165, 1.54) is 32.1 Å². The molecule has 0 bridgehead atoms. The number of hydrogen-bond acceptors (Lipinski definition) is 3. The molecule has 5 heteroatoms. The zero-order chi connectivity index (χ0) is 15.4. The lowest BCUT2D eigenvalue weighted by atomic mass is 9.81. The molecule has 0 radical (unpaired) electrons. The van der Waals surface area contributed by atoms with Crippen LogP contribution in [-0.4, -0.2) is 11.5 Å². The molecule has 1 N–H and O–H groups in total. The molecule has 116 valence electrons. The Morgan fingerprint density at radius 2 is 1.90 bits per heavy atom. The number of nitro benzene ring substituents is 1. The smallest absolute Gasteiger partial charge is 0.288 e. The van der Waals surface area contributed by atoms with Crippen LogP contribution in [0.4, 0.5) is 11.4 Å². The molecular weight excluding hydrogens is 288 g/mol. The molecular formula is C16H23ClN2O2. The molecule has 0 heterocycles. The Kier molecular flexibility index (Phi) is 5.45. The Hall–Kier alpha value is -1.29. The van der Waals surface area contributed by atoms with Gasteiger partial charge in [-0.2, -0.15) is 0 Å². The molecule has 21 heavy (non-hydrogen) atoms. The fraction of sp³-hybridized carbons (Fsp3) is 0.625. The van der Waals surface area contributed by atoms with E-state index in [2.05, 4.69) is 12.2 Å². The van der Waals surface area contributed by atoms with Crippen molar-refractivity contribution in [1.82, 2.24) is 0 Å². The lowest BCUT2D eigenvalue weighted by Gasteiger charge is -2.28. The summed E-state index contributed by atoms with van der Waals surface area (Å²) in [5.74, 6) is 1.60. The average Bonchev–Trinajstić information content (AvgIpc) is 2.48. The first-order chi connectivity index (χ1) is 10.0.